The first-order valence-electron chi connectivity index (χ1n) is 12.6. The van der Waals surface area contributed by atoms with Gasteiger partial charge in [0.15, 0.2) is 0 Å². The van der Waals surface area contributed by atoms with Crippen molar-refractivity contribution in [1.29, 1.82) is 0 Å². The van der Waals surface area contributed by atoms with E-state index in [1.807, 2.05) is 18.2 Å². The molecule has 1 amide bonds. The molecule has 5 rings (SSSR count). The Morgan fingerprint density at radius 1 is 1.10 bits per heavy atom. The zero-order valence-corrected chi connectivity index (χ0v) is 21.9. The molecule has 0 radical (unpaired) electrons. The predicted octanol–water partition coefficient (Wildman–Crippen LogP) is 5.23. The maximum absolute atomic E-state index is 13.4. The first kappa shape index (κ1) is 27.0. The molecule has 0 N–H and O–H groups in total. The highest BCUT2D eigenvalue weighted by Crippen LogP contribution is 2.36. The van der Waals surface area contributed by atoms with E-state index in [4.69, 9.17) is 4.74 Å². The third kappa shape index (κ3) is 5.73. The van der Waals surface area contributed by atoms with Crippen LogP contribution in [0.25, 0.3) is 22.4 Å². The number of pyridine rings is 1. The highest BCUT2D eigenvalue weighted by molar-refractivity contribution is 5.97. The Labute approximate surface area is 228 Å². The summed E-state index contributed by atoms with van der Waals surface area (Å²) >= 11 is 0. The van der Waals surface area contributed by atoms with Crippen LogP contribution < -0.4 is 9.64 Å². The number of fused-ring (bicyclic) bond motifs is 1. The van der Waals surface area contributed by atoms with E-state index in [-0.39, 0.29) is 24.3 Å². The standard InChI is InChI=1S/C29H26F3N5O3/c1-18(38)13-22-10-7-21(15-33-22)23-11-8-20(14-27(23)40-2)24-16-37(35-34-24)26-12-9-19-5-3-4-6-25(19)36(28(26)39)17-29(30,31)32/h3-8,10-11,14-16,26H,9,12-13,17H2,1-2H3. The fourth-order valence-electron chi connectivity index (χ4n) is 4.88. The van der Waals surface area contributed by atoms with Crippen LogP contribution in [0.15, 0.2) is 67.0 Å². The SMILES string of the molecule is COc1cc(-c2cn(C3CCc4ccccc4N(CC(F)(F)F)C3=O)nn2)ccc1-c1ccc(CC(C)=O)nc1. The Morgan fingerprint density at radius 3 is 2.58 bits per heavy atom. The molecule has 11 heteroatoms. The summed E-state index contributed by atoms with van der Waals surface area (Å²) in [5, 5.41) is 8.34. The molecule has 1 aliphatic rings. The molecule has 0 saturated heterocycles. The van der Waals surface area contributed by atoms with E-state index in [2.05, 4.69) is 15.3 Å². The number of hydrogen-bond donors (Lipinski definition) is 0. The molecule has 0 aliphatic carbocycles. The largest absolute Gasteiger partial charge is 0.496 e. The van der Waals surface area contributed by atoms with Gasteiger partial charge in [0.05, 0.1) is 13.3 Å². The van der Waals surface area contributed by atoms with Gasteiger partial charge in [-0.2, -0.15) is 13.2 Å². The molecule has 0 bridgehead atoms. The van der Waals surface area contributed by atoms with Crippen molar-refractivity contribution < 1.29 is 27.5 Å². The Kier molecular flexibility index (Phi) is 7.38. The molecule has 1 unspecified atom stereocenters. The average Bonchev–Trinajstić information content (AvgIpc) is 3.37. The molecule has 2 aromatic carbocycles. The van der Waals surface area contributed by atoms with Crippen molar-refractivity contribution in [2.75, 3.05) is 18.6 Å². The van der Waals surface area contributed by atoms with Crippen LogP contribution in [0.1, 0.15) is 30.6 Å². The fraction of sp³-hybridized carbons (Fsp3) is 0.276. The summed E-state index contributed by atoms with van der Waals surface area (Å²) in [6, 6.07) is 14.8. The zero-order valence-electron chi connectivity index (χ0n) is 21.9. The maximum Gasteiger partial charge on any atom is 0.406 e. The highest BCUT2D eigenvalue weighted by atomic mass is 19.4. The van der Waals surface area contributed by atoms with Crippen LogP contribution in [0.5, 0.6) is 5.75 Å². The molecule has 1 aliphatic heterocycles. The Hall–Kier alpha value is -4.54. The van der Waals surface area contributed by atoms with Crippen molar-refractivity contribution in [3.8, 4) is 28.1 Å². The number of aryl methyl sites for hydroxylation is 1. The van der Waals surface area contributed by atoms with E-state index in [9.17, 15) is 22.8 Å². The second-order valence-corrected chi connectivity index (χ2v) is 9.64. The third-order valence-corrected chi connectivity index (χ3v) is 6.75. The second kappa shape index (κ2) is 10.9. The summed E-state index contributed by atoms with van der Waals surface area (Å²) in [6.07, 6.45) is -0.368. The summed E-state index contributed by atoms with van der Waals surface area (Å²) < 4.78 is 47.2. The lowest BCUT2D eigenvalue weighted by Crippen LogP contribution is -2.42. The number of amides is 1. The van der Waals surface area contributed by atoms with Crippen molar-refractivity contribution >= 4 is 17.4 Å². The minimum atomic E-state index is -4.56. The minimum absolute atomic E-state index is 0.0263. The number of anilines is 1. The Balaban J connectivity index is 1.42. The number of rotatable bonds is 7. The van der Waals surface area contributed by atoms with Crippen molar-refractivity contribution in [2.24, 2.45) is 0 Å². The maximum atomic E-state index is 13.4. The number of halogens is 3. The number of nitrogens with zero attached hydrogens (tertiary/aromatic N) is 5. The predicted molar refractivity (Wildman–Crippen MR) is 142 cm³/mol. The molecular formula is C29H26F3N5O3. The first-order valence-corrected chi connectivity index (χ1v) is 12.6. The number of aromatic nitrogens is 4. The van der Waals surface area contributed by atoms with Crippen molar-refractivity contribution in [3.63, 3.8) is 0 Å². The van der Waals surface area contributed by atoms with Crippen LogP contribution in [-0.4, -0.2) is 51.5 Å². The monoisotopic (exact) mass is 549 g/mol. The van der Waals surface area contributed by atoms with Crippen LogP contribution in [0.2, 0.25) is 0 Å². The molecular weight excluding hydrogens is 523 g/mol. The Bertz CT molecular complexity index is 1550. The van der Waals surface area contributed by atoms with Crippen LogP contribution in [0.3, 0.4) is 0 Å². The molecule has 8 nitrogen and oxygen atoms in total. The summed E-state index contributed by atoms with van der Waals surface area (Å²) in [7, 11) is 1.54. The highest BCUT2D eigenvalue weighted by Gasteiger charge is 2.39. The van der Waals surface area contributed by atoms with Gasteiger partial charge in [-0.3, -0.25) is 14.6 Å². The number of para-hydroxylation sites is 1. The summed E-state index contributed by atoms with van der Waals surface area (Å²) in [5.41, 5.74) is 4.28. The van der Waals surface area contributed by atoms with Crippen molar-refractivity contribution in [2.45, 2.75) is 38.4 Å². The lowest BCUT2D eigenvalue weighted by molar-refractivity contribution is -0.134. The van der Waals surface area contributed by atoms with Gasteiger partial charge in [-0.05, 0) is 49.6 Å². The topological polar surface area (TPSA) is 90.2 Å². The van der Waals surface area contributed by atoms with E-state index in [0.29, 0.717) is 34.7 Å². The number of carbonyl (C=O) groups excluding carboxylic acids is 2. The van der Waals surface area contributed by atoms with Crippen molar-refractivity contribution in [1.82, 2.24) is 20.0 Å². The minimum Gasteiger partial charge on any atom is -0.496 e. The second-order valence-electron chi connectivity index (χ2n) is 9.64. The van der Waals surface area contributed by atoms with Gasteiger partial charge in [0, 0.05) is 40.7 Å². The zero-order chi connectivity index (χ0) is 28.4. The van der Waals surface area contributed by atoms with E-state index < -0.39 is 24.7 Å². The van der Waals surface area contributed by atoms with Crippen LogP contribution in [0, 0.1) is 0 Å². The van der Waals surface area contributed by atoms with Gasteiger partial charge in [0.1, 0.15) is 29.8 Å². The third-order valence-electron chi connectivity index (χ3n) is 6.75. The molecule has 0 spiro atoms. The van der Waals surface area contributed by atoms with Gasteiger partial charge < -0.3 is 9.64 Å². The number of methoxy groups -OCH3 is 1. The molecule has 4 aromatic rings. The summed E-state index contributed by atoms with van der Waals surface area (Å²) in [6.45, 7) is 0.126. The summed E-state index contributed by atoms with van der Waals surface area (Å²) in [4.78, 5) is 29.9. The van der Waals surface area contributed by atoms with Gasteiger partial charge in [-0.15, -0.1) is 5.10 Å². The summed E-state index contributed by atoms with van der Waals surface area (Å²) in [5.74, 6) is -0.115. The molecule has 1 atom stereocenters. The lowest BCUT2D eigenvalue weighted by Gasteiger charge is -2.26. The number of ether oxygens (including phenoxy) is 1. The number of hydrogen-bond acceptors (Lipinski definition) is 6. The number of alkyl halides is 3. The van der Waals surface area contributed by atoms with Crippen LogP contribution >= 0.6 is 0 Å². The van der Waals surface area contributed by atoms with Gasteiger partial charge in [-0.1, -0.05) is 35.5 Å². The van der Waals surface area contributed by atoms with Gasteiger partial charge >= 0.3 is 6.18 Å². The molecule has 0 fully saturated rings. The van der Waals surface area contributed by atoms with Crippen molar-refractivity contribution in [3.05, 3.63) is 78.2 Å². The smallest absolute Gasteiger partial charge is 0.406 e. The number of carbonyl (C=O) groups is 2. The average molecular weight is 550 g/mol. The van der Waals surface area contributed by atoms with Gasteiger partial charge in [0.25, 0.3) is 5.91 Å². The number of benzene rings is 2. The normalized spacial score (nSPS) is 15.5. The van der Waals surface area contributed by atoms with E-state index in [0.717, 1.165) is 16.0 Å². The molecule has 2 aromatic heterocycles. The lowest BCUT2D eigenvalue weighted by atomic mass is 10.0. The molecule has 0 saturated carbocycles. The molecule has 206 valence electrons. The number of Topliss-reactive ketones (excluding diaryl/α,β-unsaturated/α-hetero) is 1. The van der Waals surface area contributed by atoms with Crippen LogP contribution in [0.4, 0.5) is 18.9 Å². The number of ketones is 1. The Morgan fingerprint density at radius 2 is 1.88 bits per heavy atom. The van der Waals surface area contributed by atoms with Gasteiger partial charge in [0.2, 0.25) is 0 Å². The van der Waals surface area contributed by atoms with E-state index >= 15 is 0 Å². The van der Waals surface area contributed by atoms with E-state index in [1.54, 1.807) is 42.7 Å². The molecule has 3 heterocycles. The van der Waals surface area contributed by atoms with E-state index in [1.165, 1.54) is 24.8 Å². The van der Waals surface area contributed by atoms with Gasteiger partial charge in [-0.25, -0.2) is 4.68 Å². The van der Waals surface area contributed by atoms with Crippen LogP contribution in [-0.2, 0) is 22.4 Å². The molecule has 40 heavy (non-hydrogen) atoms. The quantitative estimate of drug-likeness (QED) is 0.314. The fourth-order valence-corrected chi connectivity index (χ4v) is 4.88. The first-order chi connectivity index (χ1) is 19.1.